The summed E-state index contributed by atoms with van der Waals surface area (Å²) in [4.78, 5) is 15.8. The molecule has 0 aliphatic carbocycles. The Labute approximate surface area is 181 Å². The van der Waals surface area contributed by atoms with E-state index in [1.54, 1.807) is 6.07 Å². The molecule has 1 aromatic heterocycles. The zero-order valence-corrected chi connectivity index (χ0v) is 18.1. The SMILES string of the molecule is O=C(c1ccc2scc(C3CCC4CCCCN4CC3)c2c1)c1ccccc1Cl. The van der Waals surface area contributed by atoms with Crippen LogP contribution in [0, 0.1) is 0 Å². The smallest absolute Gasteiger partial charge is 0.194 e. The number of carbonyl (C=O) groups is 1. The van der Waals surface area contributed by atoms with Gasteiger partial charge in [0, 0.05) is 21.9 Å². The minimum atomic E-state index is 0.00708. The van der Waals surface area contributed by atoms with Gasteiger partial charge in [0.1, 0.15) is 0 Å². The predicted molar refractivity (Wildman–Crippen MR) is 123 cm³/mol. The van der Waals surface area contributed by atoms with Crippen LogP contribution in [-0.4, -0.2) is 29.8 Å². The number of halogens is 1. The Morgan fingerprint density at radius 2 is 1.90 bits per heavy atom. The molecule has 0 N–H and O–H groups in total. The maximum Gasteiger partial charge on any atom is 0.194 e. The summed E-state index contributed by atoms with van der Waals surface area (Å²) in [6, 6.07) is 14.3. The second kappa shape index (κ2) is 8.22. The Kier molecular flexibility index (Phi) is 5.47. The summed E-state index contributed by atoms with van der Waals surface area (Å²) in [5, 5.41) is 4.12. The number of hydrogen-bond donors (Lipinski definition) is 0. The fourth-order valence-corrected chi connectivity index (χ4v) is 6.40. The van der Waals surface area contributed by atoms with Crippen LogP contribution in [0.15, 0.2) is 47.8 Å². The lowest BCUT2D eigenvalue weighted by Crippen LogP contribution is -2.38. The summed E-state index contributed by atoms with van der Waals surface area (Å²) >= 11 is 8.08. The molecule has 150 valence electrons. The molecule has 2 aromatic carbocycles. The number of piperidine rings is 1. The molecule has 3 heterocycles. The van der Waals surface area contributed by atoms with Crippen LogP contribution < -0.4 is 0 Å². The molecule has 0 bridgehead atoms. The molecule has 2 saturated heterocycles. The largest absolute Gasteiger partial charge is 0.300 e. The molecule has 2 aliphatic rings. The Bertz CT molecular complexity index is 1030. The van der Waals surface area contributed by atoms with Crippen molar-refractivity contribution in [2.75, 3.05) is 13.1 Å². The monoisotopic (exact) mass is 423 g/mol. The fourth-order valence-electron chi connectivity index (χ4n) is 5.16. The topological polar surface area (TPSA) is 20.3 Å². The van der Waals surface area contributed by atoms with Crippen molar-refractivity contribution in [2.45, 2.75) is 50.5 Å². The summed E-state index contributed by atoms with van der Waals surface area (Å²) in [6.45, 7) is 2.49. The van der Waals surface area contributed by atoms with E-state index in [-0.39, 0.29) is 5.78 Å². The lowest BCUT2D eigenvalue weighted by molar-refractivity contribution is 0.103. The molecular weight excluding hydrogens is 398 g/mol. The number of ketones is 1. The number of thiophene rings is 1. The van der Waals surface area contributed by atoms with Crippen molar-refractivity contribution in [2.24, 2.45) is 0 Å². The summed E-state index contributed by atoms with van der Waals surface area (Å²) in [7, 11) is 0. The number of benzene rings is 2. The van der Waals surface area contributed by atoms with Gasteiger partial charge in [0.05, 0.1) is 5.02 Å². The van der Waals surface area contributed by atoms with E-state index in [1.165, 1.54) is 67.3 Å². The molecule has 29 heavy (non-hydrogen) atoms. The first-order valence-electron chi connectivity index (χ1n) is 10.7. The predicted octanol–water partition coefficient (Wildman–Crippen LogP) is 6.91. The minimum Gasteiger partial charge on any atom is -0.300 e. The maximum atomic E-state index is 13.1. The lowest BCUT2D eigenvalue weighted by Gasteiger charge is -2.33. The van der Waals surface area contributed by atoms with Crippen LogP contribution in [0.2, 0.25) is 5.02 Å². The Morgan fingerprint density at radius 1 is 1.00 bits per heavy atom. The van der Waals surface area contributed by atoms with Gasteiger partial charge in [0.15, 0.2) is 5.78 Å². The third kappa shape index (κ3) is 3.76. The van der Waals surface area contributed by atoms with E-state index in [4.69, 9.17) is 11.6 Å². The molecule has 0 amide bonds. The van der Waals surface area contributed by atoms with Crippen molar-refractivity contribution >= 4 is 38.8 Å². The molecule has 2 unspecified atom stereocenters. The van der Waals surface area contributed by atoms with Crippen molar-refractivity contribution < 1.29 is 4.79 Å². The van der Waals surface area contributed by atoms with Crippen LogP contribution in [0.3, 0.4) is 0 Å². The first-order valence-corrected chi connectivity index (χ1v) is 12.0. The summed E-state index contributed by atoms with van der Waals surface area (Å²) in [6.07, 6.45) is 7.91. The average molecular weight is 424 g/mol. The first-order chi connectivity index (χ1) is 14.2. The van der Waals surface area contributed by atoms with Crippen LogP contribution in [0.5, 0.6) is 0 Å². The molecule has 0 spiro atoms. The second-order valence-electron chi connectivity index (χ2n) is 8.46. The molecule has 3 aromatic rings. The molecule has 2 atom stereocenters. The second-order valence-corrected chi connectivity index (χ2v) is 9.78. The highest BCUT2D eigenvalue weighted by atomic mass is 35.5. The number of rotatable bonds is 3. The van der Waals surface area contributed by atoms with Gasteiger partial charge in [0.25, 0.3) is 0 Å². The third-order valence-electron chi connectivity index (χ3n) is 6.79. The average Bonchev–Trinajstić information content (AvgIpc) is 3.05. The number of carbonyl (C=O) groups excluding carboxylic acids is 1. The van der Waals surface area contributed by atoms with Crippen LogP contribution in [0.25, 0.3) is 10.1 Å². The summed E-state index contributed by atoms with van der Waals surface area (Å²) < 4.78 is 1.28. The highest BCUT2D eigenvalue weighted by molar-refractivity contribution is 7.17. The van der Waals surface area contributed by atoms with E-state index in [1.807, 2.05) is 35.6 Å². The normalized spacial score (nSPS) is 22.9. The van der Waals surface area contributed by atoms with Crippen molar-refractivity contribution in [3.05, 3.63) is 69.6 Å². The number of nitrogens with zero attached hydrogens (tertiary/aromatic N) is 1. The Hall–Kier alpha value is -1.68. The number of fused-ring (bicyclic) bond motifs is 2. The molecule has 2 fully saturated rings. The zero-order chi connectivity index (χ0) is 19.8. The quantitative estimate of drug-likeness (QED) is 0.426. The van der Waals surface area contributed by atoms with Crippen LogP contribution in [0.1, 0.15) is 65.9 Å². The van der Waals surface area contributed by atoms with Gasteiger partial charge >= 0.3 is 0 Å². The molecule has 2 nitrogen and oxygen atoms in total. The van der Waals surface area contributed by atoms with Gasteiger partial charge in [-0.1, -0.05) is 30.2 Å². The van der Waals surface area contributed by atoms with Crippen LogP contribution >= 0.6 is 22.9 Å². The zero-order valence-electron chi connectivity index (χ0n) is 16.6. The van der Waals surface area contributed by atoms with Crippen molar-refractivity contribution in [3.63, 3.8) is 0 Å². The van der Waals surface area contributed by atoms with Gasteiger partial charge in [-0.15, -0.1) is 11.3 Å². The Morgan fingerprint density at radius 3 is 2.79 bits per heavy atom. The van der Waals surface area contributed by atoms with Gasteiger partial charge in [0.2, 0.25) is 0 Å². The highest BCUT2D eigenvalue weighted by Crippen LogP contribution is 2.39. The minimum absolute atomic E-state index is 0.00708. The van der Waals surface area contributed by atoms with E-state index in [2.05, 4.69) is 22.4 Å². The molecule has 5 rings (SSSR count). The van der Waals surface area contributed by atoms with Crippen molar-refractivity contribution in [3.8, 4) is 0 Å². The standard InChI is InChI=1S/C25H26ClNOS/c26-23-7-2-1-6-20(23)25(28)18-9-11-24-21(15-18)22(16-29-24)17-8-10-19-5-3-4-13-27(19)14-12-17/h1-2,6-7,9,11,15-17,19H,3-5,8,10,12-14H2. The molecule has 0 radical (unpaired) electrons. The molecular formula is C25H26ClNOS. The van der Waals surface area contributed by atoms with Crippen LogP contribution in [-0.2, 0) is 0 Å². The maximum absolute atomic E-state index is 13.1. The van der Waals surface area contributed by atoms with Crippen molar-refractivity contribution in [1.29, 1.82) is 0 Å². The van der Waals surface area contributed by atoms with E-state index >= 15 is 0 Å². The highest BCUT2D eigenvalue weighted by Gasteiger charge is 2.28. The Balaban J connectivity index is 1.45. The van der Waals surface area contributed by atoms with E-state index in [0.717, 1.165) is 11.6 Å². The van der Waals surface area contributed by atoms with E-state index < -0.39 is 0 Å². The summed E-state index contributed by atoms with van der Waals surface area (Å²) in [5.41, 5.74) is 2.76. The van der Waals surface area contributed by atoms with Gasteiger partial charge < -0.3 is 4.90 Å². The van der Waals surface area contributed by atoms with Gasteiger partial charge in [-0.05, 0) is 97.8 Å². The summed E-state index contributed by atoms with van der Waals surface area (Å²) in [5.74, 6) is 0.604. The van der Waals surface area contributed by atoms with Gasteiger partial charge in [-0.2, -0.15) is 0 Å². The van der Waals surface area contributed by atoms with Gasteiger partial charge in [-0.3, -0.25) is 4.79 Å². The third-order valence-corrected chi connectivity index (χ3v) is 8.10. The van der Waals surface area contributed by atoms with Crippen LogP contribution in [0.4, 0.5) is 0 Å². The molecule has 2 aliphatic heterocycles. The fraction of sp³-hybridized carbons (Fsp3) is 0.400. The molecule has 0 saturated carbocycles. The van der Waals surface area contributed by atoms with E-state index in [0.29, 0.717) is 16.5 Å². The lowest BCUT2D eigenvalue weighted by atomic mass is 9.89. The number of hydrogen-bond acceptors (Lipinski definition) is 3. The molecule has 4 heteroatoms. The van der Waals surface area contributed by atoms with Crippen molar-refractivity contribution in [1.82, 2.24) is 4.90 Å². The van der Waals surface area contributed by atoms with Gasteiger partial charge in [-0.25, -0.2) is 0 Å². The van der Waals surface area contributed by atoms with E-state index in [9.17, 15) is 4.79 Å². The first kappa shape index (κ1) is 19.3.